The molecule has 1 unspecified atom stereocenters. The van der Waals surface area contributed by atoms with Gasteiger partial charge in [-0.2, -0.15) is 0 Å². The predicted octanol–water partition coefficient (Wildman–Crippen LogP) is 2.94. The number of hydrogen-bond acceptors (Lipinski definition) is 3. The Hall–Kier alpha value is -2.75. The molecule has 0 aliphatic rings. The van der Waals surface area contributed by atoms with Crippen molar-refractivity contribution >= 4 is 5.78 Å². The minimum Gasteiger partial charge on any atom is -0.319 e. The van der Waals surface area contributed by atoms with Gasteiger partial charge in [0.2, 0.25) is 0 Å². The number of benzene rings is 2. The average Bonchev–Trinajstić information content (AvgIpc) is 3.07. The van der Waals surface area contributed by atoms with Gasteiger partial charge in [0.25, 0.3) is 0 Å². The second-order valence-electron chi connectivity index (χ2n) is 4.85. The number of rotatable bonds is 5. The number of aromatic nitrogens is 3. The normalized spacial score (nSPS) is 12.0. The van der Waals surface area contributed by atoms with Crippen LogP contribution in [0.1, 0.15) is 21.8 Å². The van der Waals surface area contributed by atoms with Gasteiger partial charge >= 0.3 is 0 Å². The Morgan fingerprint density at radius 1 is 0.905 bits per heavy atom. The third-order valence-corrected chi connectivity index (χ3v) is 3.44. The van der Waals surface area contributed by atoms with Crippen LogP contribution in [0.3, 0.4) is 0 Å². The maximum absolute atomic E-state index is 12.8. The molecule has 0 saturated carbocycles. The fourth-order valence-electron chi connectivity index (χ4n) is 2.36. The van der Waals surface area contributed by atoms with Crippen LogP contribution >= 0.6 is 0 Å². The average molecular weight is 277 g/mol. The number of hydrogen-bond donors (Lipinski definition) is 0. The first kappa shape index (κ1) is 13.2. The molecule has 1 atom stereocenters. The Morgan fingerprint density at radius 3 is 2.10 bits per heavy atom. The van der Waals surface area contributed by atoms with Gasteiger partial charge in [-0.3, -0.25) is 4.79 Å². The standard InChI is InChI=1S/C17H15N3O/c21-17(15-9-5-2-6-10-15)16(11-20-12-18-19-13-20)14-7-3-1-4-8-14/h1-10,12-13,16H,11H2. The van der Waals surface area contributed by atoms with Crippen LogP contribution in [0, 0.1) is 0 Å². The Morgan fingerprint density at radius 2 is 1.48 bits per heavy atom. The first-order valence-corrected chi connectivity index (χ1v) is 6.81. The molecular formula is C17H15N3O. The topological polar surface area (TPSA) is 47.8 Å². The highest BCUT2D eigenvalue weighted by Crippen LogP contribution is 2.22. The number of carbonyl (C=O) groups excluding carboxylic acids is 1. The van der Waals surface area contributed by atoms with E-state index in [0.29, 0.717) is 6.54 Å². The molecule has 104 valence electrons. The van der Waals surface area contributed by atoms with Gasteiger partial charge in [0.1, 0.15) is 12.7 Å². The molecule has 0 N–H and O–H groups in total. The zero-order valence-corrected chi connectivity index (χ0v) is 11.5. The molecule has 0 aliphatic heterocycles. The summed E-state index contributed by atoms with van der Waals surface area (Å²) in [6, 6.07) is 19.2. The van der Waals surface area contributed by atoms with Gasteiger partial charge in [-0.1, -0.05) is 60.7 Å². The smallest absolute Gasteiger partial charge is 0.172 e. The second-order valence-corrected chi connectivity index (χ2v) is 4.85. The van der Waals surface area contributed by atoms with Crippen molar-refractivity contribution in [1.29, 1.82) is 0 Å². The van der Waals surface area contributed by atoms with Crippen molar-refractivity contribution in [1.82, 2.24) is 14.8 Å². The van der Waals surface area contributed by atoms with Crippen molar-refractivity contribution in [2.75, 3.05) is 0 Å². The number of carbonyl (C=O) groups is 1. The first-order chi connectivity index (χ1) is 10.3. The van der Waals surface area contributed by atoms with Crippen molar-refractivity contribution < 1.29 is 4.79 Å². The highest BCUT2D eigenvalue weighted by molar-refractivity contribution is 6.00. The molecule has 1 aromatic heterocycles. The molecule has 0 saturated heterocycles. The minimum atomic E-state index is -0.246. The van der Waals surface area contributed by atoms with E-state index < -0.39 is 0 Å². The lowest BCUT2D eigenvalue weighted by Gasteiger charge is -2.16. The molecule has 2 aromatic carbocycles. The van der Waals surface area contributed by atoms with E-state index in [2.05, 4.69) is 10.2 Å². The summed E-state index contributed by atoms with van der Waals surface area (Å²) in [6.07, 6.45) is 3.27. The van der Waals surface area contributed by atoms with Gasteiger partial charge in [-0.15, -0.1) is 10.2 Å². The summed E-state index contributed by atoms with van der Waals surface area (Å²) >= 11 is 0. The maximum atomic E-state index is 12.8. The largest absolute Gasteiger partial charge is 0.319 e. The van der Waals surface area contributed by atoms with Crippen LogP contribution in [-0.2, 0) is 6.54 Å². The summed E-state index contributed by atoms with van der Waals surface area (Å²) in [4.78, 5) is 12.8. The summed E-state index contributed by atoms with van der Waals surface area (Å²) in [7, 11) is 0. The fourth-order valence-corrected chi connectivity index (χ4v) is 2.36. The third kappa shape index (κ3) is 3.05. The number of Topliss-reactive ketones (excluding diaryl/α,β-unsaturated/α-hetero) is 1. The molecule has 1 heterocycles. The molecule has 0 amide bonds. The molecule has 0 fully saturated rings. The Labute approximate surface area is 123 Å². The summed E-state index contributed by atoms with van der Waals surface area (Å²) < 4.78 is 1.83. The van der Waals surface area contributed by atoms with E-state index in [1.807, 2.05) is 65.2 Å². The number of ketones is 1. The van der Waals surface area contributed by atoms with Crippen LogP contribution in [0.25, 0.3) is 0 Å². The van der Waals surface area contributed by atoms with E-state index in [-0.39, 0.29) is 11.7 Å². The van der Waals surface area contributed by atoms with Gasteiger partial charge in [0.15, 0.2) is 5.78 Å². The summed E-state index contributed by atoms with van der Waals surface area (Å²) in [5.41, 5.74) is 1.72. The van der Waals surface area contributed by atoms with E-state index in [9.17, 15) is 4.79 Å². The molecule has 0 aliphatic carbocycles. The quantitative estimate of drug-likeness (QED) is 0.674. The highest BCUT2D eigenvalue weighted by atomic mass is 16.1. The van der Waals surface area contributed by atoms with Gasteiger partial charge in [-0.25, -0.2) is 0 Å². The molecule has 0 spiro atoms. The zero-order valence-electron chi connectivity index (χ0n) is 11.5. The SMILES string of the molecule is O=C(c1ccccc1)C(Cn1cnnc1)c1ccccc1. The van der Waals surface area contributed by atoms with Gasteiger partial charge in [0, 0.05) is 12.1 Å². The van der Waals surface area contributed by atoms with Crippen molar-refractivity contribution in [3.8, 4) is 0 Å². The molecule has 21 heavy (non-hydrogen) atoms. The van der Waals surface area contributed by atoms with E-state index in [1.54, 1.807) is 12.7 Å². The molecule has 4 nitrogen and oxygen atoms in total. The lowest BCUT2D eigenvalue weighted by Crippen LogP contribution is -2.18. The minimum absolute atomic E-state index is 0.107. The summed E-state index contributed by atoms with van der Waals surface area (Å²) in [5, 5.41) is 7.61. The molecule has 4 heteroatoms. The summed E-state index contributed by atoms with van der Waals surface area (Å²) in [5.74, 6) is -0.139. The van der Waals surface area contributed by atoms with Crippen molar-refractivity contribution in [2.45, 2.75) is 12.5 Å². The first-order valence-electron chi connectivity index (χ1n) is 6.81. The second kappa shape index (κ2) is 6.13. The molecule has 3 aromatic rings. The van der Waals surface area contributed by atoms with Crippen LogP contribution in [0.2, 0.25) is 0 Å². The molecular weight excluding hydrogens is 262 g/mol. The fraction of sp³-hybridized carbons (Fsp3) is 0.118. The highest BCUT2D eigenvalue weighted by Gasteiger charge is 2.22. The molecule has 0 radical (unpaired) electrons. The molecule has 3 rings (SSSR count). The lowest BCUT2D eigenvalue weighted by atomic mass is 9.90. The van der Waals surface area contributed by atoms with Crippen molar-refractivity contribution in [3.05, 3.63) is 84.4 Å². The van der Waals surface area contributed by atoms with E-state index in [4.69, 9.17) is 0 Å². The van der Waals surface area contributed by atoms with Crippen LogP contribution < -0.4 is 0 Å². The zero-order chi connectivity index (χ0) is 14.5. The lowest BCUT2D eigenvalue weighted by molar-refractivity contribution is 0.0951. The van der Waals surface area contributed by atoms with Crippen LogP contribution in [0.15, 0.2) is 73.3 Å². The monoisotopic (exact) mass is 277 g/mol. The third-order valence-electron chi connectivity index (χ3n) is 3.44. The van der Waals surface area contributed by atoms with Crippen molar-refractivity contribution in [2.24, 2.45) is 0 Å². The van der Waals surface area contributed by atoms with Gasteiger partial charge in [0.05, 0.1) is 5.92 Å². The Kier molecular flexibility index (Phi) is 3.87. The predicted molar refractivity (Wildman–Crippen MR) is 80.0 cm³/mol. The van der Waals surface area contributed by atoms with Crippen LogP contribution in [-0.4, -0.2) is 20.5 Å². The summed E-state index contributed by atoms with van der Waals surface area (Å²) in [6.45, 7) is 0.532. The Bertz CT molecular complexity index is 693. The van der Waals surface area contributed by atoms with Crippen molar-refractivity contribution in [3.63, 3.8) is 0 Å². The van der Waals surface area contributed by atoms with Gasteiger partial charge < -0.3 is 4.57 Å². The van der Waals surface area contributed by atoms with E-state index >= 15 is 0 Å². The van der Waals surface area contributed by atoms with Crippen LogP contribution in [0.5, 0.6) is 0 Å². The number of nitrogens with zero attached hydrogens (tertiary/aromatic N) is 3. The Balaban J connectivity index is 1.94. The van der Waals surface area contributed by atoms with Gasteiger partial charge in [-0.05, 0) is 5.56 Å². The van der Waals surface area contributed by atoms with E-state index in [0.717, 1.165) is 11.1 Å². The van der Waals surface area contributed by atoms with E-state index in [1.165, 1.54) is 0 Å². The maximum Gasteiger partial charge on any atom is 0.172 e. The molecule has 0 bridgehead atoms. The van der Waals surface area contributed by atoms with Crippen LogP contribution in [0.4, 0.5) is 0 Å².